The molecule has 108 valence electrons. The average molecular weight is 273 g/mol. The van der Waals surface area contributed by atoms with E-state index in [2.05, 4.69) is 29.3 Å². The number of hydrogen-bond donors (Lipinski definition) is 1. The molecule has 4 nitrogen and oxygen atoms in total. The quantitative estimate of drug-likeness (QED) is 0.842. The monoisotopic (exact) mass is 273 g/mol. The smallest absolute Gasteiger partial charge is 0.129 e. The molecule has 0 aliphatic carbocycles. The molecule has 2 aromatic rings. The molecule has 0 aliphatic rings. The third-order valence-electron chi connectivity index (χ3n) is 3.18. The van der Waals surface area contributed by atoms with Gasteiger partial charge >= 0.3 is 0 Å². The maximum absolute atomic E-state index is 5.40. The molecule has 0 spiro atoms. The van der Waals surface area contributed by atoms with E-state index in [9.17, 15) is 0 Å². The summed E-state index contributed by atoms with van der Waals surface area (Å²) in [5.74, 6) is 1.95. The van der Waals surface area contributed by atoms with Crippen LogP contribution >= 0.6 is 0 Å². The van der Waals surface area contributed by atoms with Gasteiger partial charge in [-0.3, -0.25) is 0 Å². The Kier molecular flexibility index (Phi) is 5.18. The predicted molar refractivity (Wildman–Crippen MR) is 81.8 cm³/mol. The number of hydrogen-bond acceptors (Lipinski definition) is 4. The molecule has 0 fully saturated rings. The fourth-order valence-corrected chi connectivity index (χ4v) is 2.24. The highest BCUT2D eigenvalue weighted by Gasteiger charge is 2.08. The lowest BCUT2D eigenvalue weighted by Crippen LogP contribution is -2.19. The van der Waals surface area contributed by atoms with Crippen LogP contribution in [0.1, 0.15) is 30.4 Å². The lowest BCUT2D eigenvalue weighted by Gasteiger charge is -2.19. The summed E-state index contributed by atoms with van der Waals surface area (Å²) >= 11 is 0. The number of rotatable bonds is 7. The van der Waals surface area contributed by atoms with Gasteiger partial charge in [0.1, 0.15) is 11.6 Å². The van der Waals surface area contributed by atoms with Gasteiger partial charge in [-0.1, -0.05) is 13.3 Å². The number of aryl methyl sites for hydroxylation is 1. The second-order valence-electron chi connectivity index (χ2n) is 5.04. The van der Waals surface area contributed by atoms with Crippen LogP contribution in [0.5, 0.6) is 0 Å². The lowest BCUT2D eigenvalue weighted by molar-refractivity contribution is 0.507. The maximum atomic E-state index is 5.40. The predicted octanol–water partition coefficient (Wildman–Crippen LogP) is 2.98. The van der Waals surface area contributed by atoms with Gasteiger partial charge in [0.15, 0.2) is 0 Å². The minimum Gasteiger partial charge on any atom is -0.467 e. The van der Waals surface area contributed by atoms with Crippen molar-refractivity contribution in [1.82, 2.24) is 10.3 Å². The molecule has 0 saturated heterocycles. The second-order valence-corrected chi connectivity index (χ2v) is 5.04. The Balaban J connectivity index is 2.19. The van der Waals surface area contributed by atoms with E-state index >= 15 is 0 Å². The summed E-state index contributed by atoms with van der Waals surface area (Å²) < 4.78 is 5.40. The molecule has 0 atom stereocenters. The van der Waals surface area contributed by atoms with Crippen LogP contribution in [-0.4, -0.2) is 19.1 Å². The highest BCUT2D eigenvalue weighted by molar-refractivity contribution is 5.42. The number of nitrogens with zero attached hydrogens (tertiary/aromatic N) is 2. The number of aromatic nitrogens is 1. The summed E-state index contributed by atoms with van der Waals surface area (Å²) in [6.45, 7) is 3.77. The summed E-state index contributed by atoms with van der Waals surface area (Å²) in [7, 11) is 4.01. The third-order valence-corrected chi connectivity index (χ3v) is 3.18. The molecule has 4 heteroatoms. The van der Waals surface area contributed by atoms with E-state index in [4.69, 9.17) is 9.40 Å². The Labute approximate surface area is 120 Å². The van der Waals surface area contributed by atoms with Gasteiger partial charge < -0.3 is 14.6 Å². The van der Waals surface area contributed by atoms with Crippen LogP contribution in [0.3, 0.4) is 0 Å². The minimum atomic E-state index is 0.731. The highest BCUT2D eigenvalue weighted by atomic mass is 16.3. The topological polar surface area (TPSA) is 41.3 Å². The first kappa shape index (κ1) is 14.6. The molecule has 2 aromatic heterocycles. The Morgan fingerprint density at radius 1 is 1.35 bits per heavy atom. The first-order chi connectivity index (χ1) is 9.72. The van der Waals surface area contributed by atoms with E-state index in [-0.39, 0.29) is 0 Å². The fourth-order valence-electron chi connectivity index (χ4n) is 2.24. The fraction of sp³-hybridized carbons (Fsp3) is 0.438. The standard InChI is InChI=1S/C16H23N3O/c1-4-6-14-9-13(11-17-2)10-16(18-14)19(3)12-15-7-5-8-20-15/h5,7-10,17H,4,6,11-12H2,1-3H3. The molecule has 0 amide bonds. The Bertz CT molecular complexity index is 498. The van der Waals surface area contributed by atoms with Crippen LogP contribution in [-0.2, 0) is 19.5 Å². The molecule has 0 aromatic carbocycles. The molecule has 0 aliphatic heterocycles. The molecule has 0 bridgehead atoms. The normalized spacial score (nSPS) is 10.8. The molecular weight excluding hydrogens is 250 g/mol. The van der Waals surface area contributed by atoms with Crippen LogP contribution in [0.15, 0.2) is 34.9 Å². The van der Waals surface area contributed by atoms with Gasteiger partial charge in [-0.15, -0.1) is 0 Å². The molecule has 20 heavy (non-hydrogen) atoms. The van der Waals surface area contributed by atoms with Gasteiger partial charge in [0, 0.05) is 19.3 Å². The van der Waals surface area contributed by atoms with Gasteiger partial charge in [-0.25, -0.2) is 4.98 Å². The Morgan fingerprint density at radius 3 is 2.85 bits per heavy atom. The van der Waals surface area contributed by atoms with Gasteiger partial charge in [-0.2, -0.15) is 0 Å². The maximum Gasteiger partial charge on any atom is 0.129 e. The molecule has 2 heterocycles. The Hall–Kier alpha value is -1.81. The van der Waals surface area contributed by atoms with Crippen molar-refractivity contribution in [2.75, 3.05) is 19.0 Å². The number of anilines is 1. The zero-order chi connectivity index (χ0) is 14.4. The van der Waals surface area contributed by atoms with Gasteiger partial charge in [0.05, 0.1) is 12.8 Å². The minimum absolute atomic E-state index is 0.731. The molecule has 2 rings (SSSR count). The average Bonchev–Trinajstić information content (AvgIpc) is 2.92. The Morgan fingerprint density at radius 2 is 2.20 bits per heavy atom. The third kappa shape index (κ3) is 3.84. The molecule has 0 unspecified atom stereocenters. The summed E-state index contributed by atoms with van der Waals surface area (Å²) in [5.41, 5.74) is 2.42. The van der Waals surface area contributed by atoms with Gasteiger partial charge in [0.25, 0.3) is 0 Å². The number of furan rings is 1. The lowest BCUT2D eigenvalue weighted by atomic mass is 10.1. The van der Waals surface area contributed by atoms with Gasteiger partial charge in [-0.05, 0) is 43.3 Å². The van der Waals surface area contributed by atoms with Crippen molar-refractivity contribution in [3.05, 3.63) is 47.5 Å². The summed E-state index contributed by atoms with van der Waals surface area (Å²) in [6.07, 6.45) is 3.83. The largest absolute Gasteiger partial charge is 0.467 e. The second kappa shape index (κ2) is 7.10. The summed E-state index contributed by atoms with van der Waals surface area (Å²) in [4.78, 5) is 6.86. The number of nitrogens with one attached hydrogen (secondary N) is 1. The highest BCUT2D eigenvalue weighted by Crippen LogP contribution is 2.17. The molecular formula is C16H23N3O. The van der Waals surface area contributed by atoms with Crippen LogP contribution < -0.4 is 10.2 Å². The van der Waals surface area contributed by atoms with Crippen LogP contribution in [0.4, 0.5) is 5.82 Å². The van der Waals surface area contributed by atoms with E-state index in [1.54, 1.807) is 6.26 Å². The first-order valence-corrected chi connectivity index (χ1v) is 7.11. The number of pyridine rings is 1. The van der Waals surface area contributed by atoms with E-state index in [1.165, 1.54) is 5.56 Å². The van der Waals surface area contributed by atoms with Crippen LogP contribution in [0, 0.1) is 0 Å². The van der Waals surface area contributed by atoms with E-state index in [1.807, 2.05) is 26.2 Å². The van der Waals surface area contributed by atoms with Crippen LogP contribution in [0.2, 0.25) is 0 Å². The molecule has 1 N–H and O–H groups in total. The van der Waals surface area contributed by atoms with Crippen molar-refractivity contribution in [3.63, 3.8) is 0 Å². The summed E-state index contributed by atoms with van der Waals surface area (Å²) in [5, 5.41) is 3.20. The van der Waals surface area contributed by atoms with Crippen molar-refractivity contribution >= 4 is 5.82 Å². The van der Waals surface area contributed by atoms with Crippen molar-refractivity contribution in [2.24, 2.45) is 0 Å². The zero-order valence-electron chi connectivity index (χ0n) is 12.5. The van der Waals surface area contributed by atoms with E-state index in [0.29, 0.717) is 0 Å². The molecule has 0 saturated carbocycles. The van der Waals surface area contributed by atoms with Gasteiger partial charge in [0.2, 0.25) is 0 Å². The SMILES string of the molecule is CCCc1cc(CNC)cc(N(C)Cc2ccco2)n1. The van der Waals surface area contributed by atoms with E-state index in [0.717, 1.165) is 43.2 Å². The first-order valence-electron chi connectivity index (χ1n) is 7.11. The van der Waals surface area contributed by atoms with E-state index < -0.39 is 0 Å². The molecule has 0 radical (unpaired) electrons. The van der Waals surface area contributed by atoms with Crippen molar-refractivity contribution in [2.45, 2.75) is 32.9 Å². The zero-order valence-corrected chi connectivity index (χ0v) is 12.5. The van der Waals surface area contributed by atoms with Crippen molar-refractivity contribution in [3.8, 4) is 0 Å². The van der Waals surface area contributed by atoms with Crippen LogP contribution in [0.25, 0.3) is 0 Å². The van der Waals surface area contributed by atoms with Crippen molar-refractivity contribution in [1.29, 1.82) is 0 Å². The van der Waals surface area contributed by atoms with Crippen molar-refractivity contribution < 1.29 is 4.42 Å². The summed E-state index contributed by atoms with van der Waals surface area (Å²) in [6, 6.07) is 8.22.